The Morgan fingerprint density at radius 2 is 0.896 bits per heavy atom. The number of aromatic hydroxyl groups is 2. The topological polar surface area (TPSA) is 219 Å². The van der Waals surface area contributed by atoms with E-state index >= 15 is 0 Å². The van der Waals surface area contributed by atoms with E-state index in [-0.39, 0.29) is 46.6 Å². The highest BCUT2D eigenvalue weighted by molar-refractivity contribution is 8.02. The van der Waals surface area contributed by atoms with E-state index in [2.05, 4.69) is 0 Å². The number of nitro groups is 2. The number of aromatic nitrogens is 4. The molecular weight excluding hydrogens is 893 g/mol. The fourth-order valence-corrected chi connectivity index (χ4v) is 12.6. The lowest BCUT2D eigenvalue weighted by Gasteiger charge is -2.39. The number of carbonyl (C=O) groups is 2. The number of nitro benzene ring substituents is 2. The third-order valence-electron chi connectivity index (χ3n) is 13.2. The average Bonchev–Trinajstić information content (AvgIpc) is 3.83. The number of thioether (sulfide) groups is 2. The van der Waals surface area contributed by atoms with Gasteiger partial charge in [0.25, 0.3) is 11.4 Å². The number of amides is 2. The summed E-state index contributed by atoms with van der Waals surface area (Å²) in [6.07, 6.45) is 9.53. The van der Waals surface area contributed by atoms with Crippen molar-refractivity contribution >= 4 is 58.6 Å². The summed E-state index contributed by atoms with van der Waals surface area (Å²) in [5.41, 5.74) is 4.92. The van der Waals surface area contributed by atoms with E-state index in [1.165, 1.54) is 24.3 Å². The maximum atomic E-state index is 13.7. The molecule has 0 unspecified atom stereocenters. The maximum absolute atomic E-state index is 13.7. The van der Waals surface area contributed by atoms with Gasteiger partial charge in [-0.1, -0.05) is 50.7 Å². The molecule has 2 N–H and O–H groups in total. The molecule has 4 aliphatic rings. The van der Waals surface area contributed by atoms with Crippen LogP contribution in [-0.4, -0.2) is 73.1 Å². The van der Waals surface area contributed by atoms with Crippen LogP contribution in [0.3, 0.4) is 0 Å². The van der Waals surface area contributed by atoms with E-state index in [0.717, 1.165) is 75.3 Å². The number of non-ortho nitro benzene ring substituents is 2. The largest absolute Gasteiger partial charge is 0.507 e. The van der Waals surface area contributed by atoms with Crippen LogP contribution < -0.4 is 9.80 Å². The van der Waals surface area contributed by atoms with E-state index in [4.69, 9.17) is 19.9 Å². The summed E-state index contributed by atoms with van der Waals surface area (Å²) in [6.45, 7) is 0. The third kappa shape index (κ3) is 8.43. The standard InChI is InChI=1S/C49H44N8O8S2/c58-42-17-7-30(24-36(42)40-26-38(32-9-13-34(14-10-32)56(62)63)50-46(52-40)54-44(60)28-66-48(54)19-3-1-4-20-48)23-31-8-18-43(59)37(25-31)41-27-39(33-11-15-35(16-12-33)57(64)65)51-47(53-41)55-45(61)29-67-49(55)21-5-2-6-22-49/h7-18,24-27,58-59H,1-6,19-23,28-29H2. The van der Waals surface area contributed by atoms with Crippen molar-refractivity contribution in [3.05, 3.63) is 128 Å². The number of hydrogen-bond donors (Lipinski definition) is 2. The average molecular weight is 937 g/mol. The van der Waals surface area contributed by atoms with Crippen molar-refractivity contribution in [2.75, 3.05) is 21.3 Å². The van der Waals surface area contributed by atoms with Gasteiger partial charge in [0.1, 0.15) is 11.5 Å². The second-order valence-corrected chi connectivity index (χ2v) is 20.1. The number of anilines is 2. The van der Waals surface area contributed by atoms with Crippen LogP contribution in [0.15, 0.2) is 97.1 Å². The molecule has 0 radical (unpaired) electrons. The van der Waals surface area contributed by atoms with Crippen molar-refractivity contribution in [3.63, 3.8) is 0 Å². The van der Waals surface area contributed by atoms with Crippen LogP contribution in [0.2, 0.25) is 0 Å². The number of benzene rings is 4. The van der Waals surface area contributed by atoms with Gasteiger partial charge < -0.3 is 10.2 Å². The molecule has 2 saturated carbocycles. The first kappa shape index (κ1) is 43.9. The van der Waals surface area contributed by atoms with Gasteiger partial charge in [-0.05, 0) is 104 Å². The lowest BCUT2D eigenvalue weighted by Crippen LogP contribution is -2.46. The summed E-state index contributed by atoms with van der Waals surface area (Å²) < 4.78 is 0. The maximum Gasteiger partial charge on any atom is 0.269 e. The van der Waals surface area contributed by atoms with Crippen LogP contribution in [-0.2, 0) is 16.0 Å². The second-order valence-electron chi connectivity index (χ2n) is 17.4. The number of phenolic OH excluding ortho intramolecular Hbond substituents is 2. The number of rotatable bonds is 10. The molecule has 0 atom stereocenters. The number of phenols is 2. The van der Waals surface area contributed by atoms with E-state index in [0.29, 0.717) is 63.0 Å². The van der Waals surface area contributed by atoms with Gasteiger partial charge in [-0.2, -0.15) is 0 Å². The zero-order valence-corrected chi connectivity index (χ0v) is 37.8. The van der Waals surface area contributed by atoms with Crippen molar-refractivity contribution in [2.45, 2.75) is 80.4 Å². The van der Waals surface area contributed by atoms with Crippen LogP contribution in [0, 0.1) is 20.2 Å². The lowest BCUT2D eigenvalue weighted by atomic mass is 9.93. The number of hydrogen-bond acceptors (Lipinski definition) is 14. The molecule has 67 heavy (non-hydrogen) atoms. The van der Waals surface area contributed by atoms with Gasteiger partial charge in [-0.25, -0.2) is 19.9 Å². The van der Waals surface area contributed by atoms with Crippen LogP contribution in [0.4, 0.5) is 23.3 Å². The summed E-state index contributed by atoms with van der Waals surface area (Å²) in [6, 6.07) is 25.8. The molecule has 18 heteroatoms. The van der Waals surface area contributed by atoms with Crippen molar-refractivity contribution in [2.24, 2.45) is 0 Å². The van der Waals surface area contributed by atoms with Gasteiger partial charge in [-0.15, -0.1) is 23.5 Å². The van der Waals surface area contributed by atoms with E-state index in [1.807, 2.05) is 12.1 Å². The first-order valence-corrected chi connectivity index (χ1v) is 24.2. The molecule has 2 aliphatic carbocycles. The fraction of sp³-hybridized carbons (Fsp3) is 0.306. The Labute approximate surface area is 393 Å². The van der Waals surface area contributed by atoms with Crippen LogP contribution >= 0.6 is 23.5 Å². The predicted octanol–water partition coefficient (Wildman–Crippen LogP) is 10.2. The highest BCUT2D eigenvalue weighted by atomic mass is 32.2. The normalized spacial score (nSPS) is 17.7. The van der Waals surface area contributed by atoms with Crippen LogP contribution in [0.25, 0.3) is 45.0 Å². The van der Waals surface area contributed by atoms with Crippen molar-refractivity contribution in [3.8, 4) is 56.5 Å². The molecule has 16 nitrogen and oxygen atoms in total. The van der Waals surface area contributed by atoms with E-state index in [1.54, 1.807) is 94.0 Å². The molecule has 340 valence electrons. The van der Waals surface area contributed by atoms with Gasteiger partial charge in [0, 0.05) is 46.5 Å². The first-order chi connectivity index (χ1) is 32.4. The minimum absolute atomic E-state index is 0.0541. The zero-order chi connectivity index (χ0) is 46.5. The Morgan fingerprint density at radius 3 is 1.27 bits per heavy atom. The predicted molar refractivity (Wildman–Crippen MR) is 257 cm³/mol. The Kier molecular flexibility index (Phi) is 11.6. The molecule has 2 aliphatic heterocycles. The highest BCUT2D eigenvalue weighted by Crippen LogP contribution is 2.50. The Bertz CT molecular complexity index is 2760. The molecule has 4 heterocycles. The Morgan fingerprint density at radius 1 is 0.522 bits per heavy atom. The molecule has 4 aromatic carbocycles. The molecule has 2 spiro atoms. The zero-order valence-electron chi connectivity index (χ0n) is 36.2. The van der Waals surface area contributed by atoms with E-state index < -0.39 is 19.6 Å². The van der Waals surface area contributed by atoms with Crippen molar-refractivity contribution in [1.29, 1.82) is 0 Å². The molecule has 6 aromatic rings. The first-order valence-electron chi connectivity index (χ1n) is 22.3. The summed E-state index contributed by atoms with van der Waals surface area (Å²) in [4.78, 5) is 71.6. The number of nitrogens with zero attached hydrogens (tertiary/aromatic N) is 8. The minimum Gasteiger partial charge on any atom is -0.507 e. The summed E-state index contributed by atoms with van der Waals surface area (Å²) in [7, 11) is 0. The van der Waals surface area contributed by atoms with Crippen LogP contribution in [0.1, 0.15) is 75.3 Å². The smallest absolute Gasteiger partial charge is 0.269 e. The SMILES string of the molecule is O=C1CSC2(CCCCC2)N1c1nc(-c2ccc([N+](=O)[O-])cc2)cc(-c2cc(Cc3ccc(O)c(-c4cc(-c5ccc([N+](=O)[O-])cc5)nc(N5C(=O)CSC56CCCCC6)n4)c3)ccc2O)n1. The summed E-state index contributed by atoms with van der Waals surface area (Å²) in [5, 5.41) is 45.9. The van der Waals surface area contributed by atoms with Crippen molar-refractivity contribution < 1.29 is 29.6 Å². The lowest BCUT2D eigenvalue weighted by molar-refractivity contribution is -0.385. The molecule has 4 fully saturated rings. The highest BCUT2D eigenvalue weighted by Gasteiger charge is 2.50. The Hall–Kier alpha value is -6.92. The minimum atomic E-state index is -0.492. The van der Waals surface area contributed by atoms with Gasteiger partial charge in [0.05, 0.1) is 53.9 Å². The van der Waals surface area contributed by atoms with Gasteiger partial charge in [-0.3, -0.25) is 39.6 Å². The van der Waals surface area contributed by atoms with Crippen molar-refractivity contribution in [1.82, 2.24) is 19.9 Å². The van der Waals surface area contributed by atoms with E-state index in [9.17, 15) is 40.0 Å². The van der Waals surface area contributed by atoms with Crippen LogP contribution in [0.5, 0.6) is 11.5 Å². The summed E-state index contributed by atoms with van der Waals surface area (Å²) in [5.74, 6) is 0.683. The number of carbonyl (C=O) groups excluding carboxylic acids is 2. The monoisotopic (exact) mass is 936 g/mol. The fourth-order valence-electron chi connectivity index (χ4n) is 9.82. The second kappa shape index (κ2) is 17.7. The van der Waals surface area contributed by atoms with Gasteiger partial charge in [0.15, 0.2) is 0 Å². The molecular formula is C49H44N8O8S2. The van der Waals surface area contributed by atoms with Gasteiger partial charge in [0.2, 0.25) is 23.7 Å². The third-order valence-corrected chi connectivity index (χ3v) is 16.2. The molecule has 2 aromatic heterocycles. The quantitative estimate of drug-likeness (QED) is 0.0965. The molecule has 10 rings (SSSR count). The molecule has 2 amide bonds. The Balaban J connectivity index is 1.03. The molecule has 2 saturated heterocycles. The van der Waals surface area contributed by atoms with Gasteiger partial charge >= 0.3 is 0 Å². The summed E-state index contributed by atoms with van der Waals surface area (Å²) >= 11 is 3.22. The molecule has 0 bridgehead atoms.